The van der Waals surface area contributed by atoms with Crippen molar-refractivity contribution in [1.82, 2.24) is 19.4 Å². The first-order valence-electron chi connectivity index (χ1n) is 8.95. The Morgan fingerprint density at radius 3 is 2.55 bits per heavy atom. The number of amides is 3. The van der Waals surface area contributed by atoms with Crippen LogP contribution in [0.3, 0.4) is 0 Å². The van der Waals surface area contributed by atoms with Gasteiger partial charge in [0.1, 0.15) is 6.54 Å². The third kappa shape index (κ3) is 3.46. The van der Waals surface area contributed by atoms with Crippen LogP contribution in [0.5, 0.6) is 0 Å². The van der Waals surface area contributed by atoms with Crippen LogP contribution in [0, 0.1) is 18.8 Å². The van der Waals surface area contributed by atoms with Crippen LogP contribution in [0.25, 0.3) is 10.7 Å². The third-order valence-corrected chi connectivity index (χ3v) is 6.09. The predicted octanol–water partition coefficient (Wildman–Crippen LogP) is 2.60. The molecule has 2 aromatic heterocycles. The number of aromatic nitrogens is 3. The highest BCUT2D eigenvalue weighted by atomic mass is 32.1. The Morgan fingerprint density at radius 2 is 1.93 bits per heavy atom. The molecule has 0 aromatic carbocycles. The number of rotatable bonds is 5. The fraction of sp³-hybridized carbons (Fsp3) is 0.389. The van der Waals surface area contributed by atoms with E-state index >= 15 is 0 Å². The minimum atomic E-state index is -2.75. The number of likely N-dealkylation sites (tertiary alicyclic amines) is 1. The summed E-state index contributed by atoms with van der Waals surface area (Å²) in [6, 6.07) is 0. The molecule has 1 fully saturated rings. The number of hydrogen-bond acceptors (Lipinski definition) is 6. The smallest absolute Gasteiger partial charge is 0.300 e. The number of imide groups is 1. The zero-order chi connectivity index (χ0) is 20.7. The van der Waals surface area contributed by atoms with Crippen molar-refractivity contribution in [1.29, 1.82) is 0 Å². The largest absolute Gasteiger partial charge is 0.320 e. The fourth-order valence-corrected chi connectivity index (χ4v) is 4.61. The number of allylic oxidation sites excluding steroid dienone is 2. The van der Waals surface area contributed by atoms with Crippen molar-refractivity contribution < 1.29 is 23.2 Å². The molecular formula is C18H17F2N5O3S. The maximum atomic E-state index is 13.1. The van der Waals surface area contributed by atoms with E-state index in [2.05, 4.69) is 15.3 Å². The Bertz CT molecular complexity index is 989. The number of nitrogens with one attached hydrogen (secondary N) is 1. The lowest BCUT2D eigenvalue weighted by Gasteiger charge is -2.14. The maximum Gasteiger partial charge on any atom is 0.320 e. The van der Waals surface area contributed by atoms with Crippen molar-refractivity contribution in [3.05, 3.63) is 30.2 Å². The lowest BCUT2D eigenvalue weighted by Crippen LogP contribution is -2.38. The normalized spacial score (nSPS) is 21.2. The lowest BCUT2D eigenvalue weighted by atomic mass is 9.85. The van der Waals surface area contributed by atoms with Gasteiger partial charge in [0.25, 0.3) is 0 Å². The van der Waals surface area contributed by atoms with Crippen LogP contribution in [-0.4, -0.2) is 43.7 Å². The molecule has 0 bridgehead atoms. The van der Waals surface area contributed by atoms with E-state index < -0.39 is 30.8 Å². The molecule has 2 aliphatic rings. The van der Waals surface area contributed by atoms with E-state index in [1.165, 1.54) is 6.20 Å². The molecule has 152 valence electrons. The second-order valence-electron chi connectivity index (χ2n) is 6.84. The summed E-state index contributed by atoms with van der Waals surface area (Å²) in [6.07, 6.45) is 7.17. The standard InChI is InChI=1S/C18H17F2N5O3S/c1-9-13(14-21-6-7-24(14)17(19)20)29-18(22-9)23-12(26)8-25-15(27)10-4-2-3-5-11(10)16(25)28/h2-3,6-7,10-11,17H,4-5,8H2,1H3,(H,22,23,26). The van der Waals surface area contributed by atoms with Crippen molar-refractivity contribution in [3.8, 4) is 10.7 Å². The van der Waals surface area contributed by atoms with Gasteiger partial charge in [-0.1, -0.05) is 23.5 Å². The third-order valence-electron chi connectivity index (χ3n) is 5.03. The van der Waals surface area contributed by atoms with Gasteiger partial charge in [-0.25, -0.2) is 9.97 Å². The quantitative estimate of drug-likeness (QED) is 0.591. The van der Waals surface area contributed by atoms with E-state index in [1.54, 1.807) is 6.92 Å². The second-order valence-corrected chi connectivity index (χ2v) is 7.83. The van der Waals surface area contributed by atoms with Crippen LogP contribution in [-0.2, 0) is 14.4 Å². The summed E-state index contributed by atoms with van der Waals surface area (Å²) in [5, 5.41) is 2.73. The van der Waals surface area contributed by atoms with Gasteiger partial charge in [-0.2, -0.15) is 8.78 Å². The minimum absolute atomic E-state index is 0.0528. The van der Waals surface area contributed by atoms with Crippen LogP contribution in [0.15, 0.2) is 24.5 Å². The number of alkyl halides is 2. The van der Waals surface area contributed by atoms with Crippen LogP contribution in [0.1, 0.15) is 25.1 Å². The van der Waals surface area contributed by atoms with Crippen LogP contribution in [0.4, 0.5) is 13.9 Å². The maximum absolute atomic E-state index is 13.1. The molecule has 11 heteroatoms. The van der Waals surface area contributed by atoms with Gasteiger partial charge in [-0.05, 0) is 19.8 Å². The lowest BCUT2D eigenvalue weighted by molar-refractivity contribution is -0.142. The minimum Gasteiger partial charge on any atom is -0.300 e. The summed E-state index contributed by atoms with van der Waals surface area (Å²) >= 11 is 0.999. The molecule has 0 spiro atoms. The summed E-state index contributed by atoms with van der Waals surface area (Å²) in [5.74, 6) is -2.00. The summed E-state index contributed by atoms with van der Waals surface area (Å²) < 4.78 is 26.9. The molecule has 2 unspecified atom stereocenters. The van der Waals surface area contributed by atoms with Crippen LogP contribution < -0.4 is 5.32 Å². The van der Waals surface area contributed by atoms with Gasteiger partial charge in [0, 0.05) is 12.4 Å². The van der Waals surface area contributed by atoms with E-state index in [0.717, 1.165) is 22.4 Å². The van der Waals surface area contributed by atoms with Gasteiger partial charge in [0.2, 0.25) is 17.7 Å². The number of aryl methyl sites for hydroxylation is 1. The molecule has 1 aliphatic carbocycles. The average Bonchev–Trinajstić information content (AvgIpc) is 3.36. The van der Waals surface area contributed by atoms with Crippen molar-refractivity contribution >= 4 is 34.2 Å². The molecule has 1 N–H and O–H groups in total. The van der Waals surface area contributed by atoms with E-state index in [0.29, 0.717) is 28.0 Å². The zero-order valence-corrected chi connectivity index (χ0v) is 16.2. The van der Waals surface area contributed by atoms with Crippen molar-refractivity contribution in [2.24, 2.45) is 11.8 Å². The topological polar surface area (TPSA) is 97.2 Å². The molecule has 29 heavy (non-hydrogen) atoms. The Labute approximate surface area is 168 Å². The molecule has 3 heterocycles. The number of nitrogens with zero attached hydrogens (tertiary/aromatic N) is 4. The number of carbonyl (C=O) groups is 3. The van der Waals surface area contributed by atoms with E-state index in [1.807, 2.05) is 12.2 Å². The van der Waals surface area contributed by atoms with Gasteiger partial charge in [-0.15, -0.1) is 0 Å². The summed E-state index contributed by atoms with van der Waals surface area (Å²) in [5.41, 5.74) is 0.434. The van der Waals surface area contributed by atoms with Crippen LogP contribution >= 0.6 is 11.3 Å². The second kappa shape index (κ2) is 7.47. The molecule has 0 saturated carbocycles. The Hall–Kier alpha value is -2.95. The molecule has 2 aromatic rings. The zero-order valence-electron chi connectivity index (χ0n) is 15.3. The first-order valence-corrected chi connectivity index (χ1v) is 9.77. The number of imidazole rings is 1. The monoisotopic (exact) mass is 421 g/mol. The fourth-order valence-electron chi connectivity index (χ4n) is 3.63. The highest BCUT2D eigenvalue weighted by Crippen LogP contribution is 2.36. The Morgan fingerprint density at radius 1 is 1.28 bits per heavy atom. The summed E-state index contributed by atoms with van der Waals surface area (Å²) in [6.45, 7) is -1.53. The molecule has 8 nitrogen and oxygen atoms in total. The summed E-state index contributed by atoms with van der Waals surface area (Å²) in [7, 11) is 0. The van der Waals surface area contributed by atoms with Gasteiger partial charge < -0.3 is 5.32 Å². The summed E-state index contributed by atoms with van der Waals surface area (Å²) in [4.78, 5) is 46.8. The highest BCUT2D eigenvalue weighted by Gasteiger charge is 2.47. The van der Waals surface area contributed by atoms with Gasteiger partial charge in [-0.3, -0.25) is 23.9 Å². The Kier molecular flexibility index (Phi) is 4.99. The number of halogens is 2. The number of fused-ring (bicyclic) bond motifs is 1. The number of hydrogen-bond donors (Lipinski definition) is 1. The van der Waals surface area contributed by atoms with Crippen LogP contribution in [0.2, 0.25) is 0 Å². The van der Waals surface area contributed by atoms with E-state index in [9.17, 15) is 23.2 Å². The predicted molar refractivity (Wildman–Crippen MR) is 100 cm³/mol. The van der Waals surface area contributed by atoms with E-state index in [-0.39, 0.29) is 22.8 Å². The highest BCUT2D eigenvalue weighted by molar-refractivity contribution is 7.19. The van der Waals surface area contributed by atoms with E-state index in [4.69, 9.17) is 0 Å². The first-order chi connectivity index (χ1) is 13.9. The first kappa shape index (κ1) is 19.4. The average molecular weight is 421 g/mol. The van der Waals surface area contributed by atoms with Gasteiger partial charge >= 0.3 is 6.55 Å². The molecule has 2 atom stereocenters. The molecular weight excluding hydrogens is 404 g/mol. The van der Waals surface area contributed by atoms with Crippen molar-refractivity contribution in [2.75, 3.05) is 11.9 Å². The van der Waals surface area contributed by atoms with Gasteiger partial charge in [0.15, 0.2) is 11.0 Å². The molecule has 3 amide bonds. The number of carbonyl (C=O) groups excluding carboxylic acids is 3. The molecule has 1 aliphatic heterocycles. The number of anilines is 1. The molecule has 4 rings (SSSR count). The van der Waals surface area contributed by atoms with Crippen molar-refractivity contribution in [2.45, 2.75) is 26.3 Å². The SMILES string of the molecule is Cc1nc(NC(=O)CN2C(=O)C3CC=CCC3C2=O)sc1-c1nccn1C(F)F. The molecule has 1 saturated heterocycles. The Balaban J connectivity index is 1.46. The molecule has 0 radical (unpaired) electrons. The van der Waals surface area contributed by atoms with Crippen molar-refractivity contribution in [3.63, 3.8) is 0 Å². The van der Waals surface area contributed by atoms with Gasteiger partial charge in [0.05, 0.1) is 22.4 Å². The number of thiazole rings is 1.